The predicted octanol–water partition coefficient (Wildman–Crippen LogP) is 2.97. The van der Waals surface area contributed by atoms with Crippen LogP contribution in [-0.2, 0) is 0 Å². The molecule has 0 amide bonds. The number of aliphatic hydroxyl groups is 2. The summed E-state index contributed by atoms with van der Waals surface area (Å²) >= 11 is 0. The minimum Gasteiger partial charge on any atom is -0.390 e. The topological polar surface area (TPSA) is 40.5 Å². The normalized spacial score (nSPS) is 51.4. The second kappa shape index (κ2) is 4.24. The number of fused-ring (bicyclic) bond motifs is 1. The van der Waals surface area contributed by atoms with Crippen molar-refractivity contribution in [2.45, 2.75) is 71.0 Å². The van der Waals surface area contributed by atoms with E-state index in [-0.39, 0.29) is 0 Å². The lowest BCUT2D eigenvalue weighted by atomic mass is 9.55. The molecule has 0 radical (unpaired) electrons. The Morgan fingerprint density at radius 3 is 2.29 bits per heavy atom. The van der Waals surface area contributed by atoms with Crippen LogP contribution in [0.25, 0.3) is 0 Å². The highest BCUT2D eigenvalue weighted by molar-refractivity contribution is 5.01. The first-order chi connectivity index (χ1) is 7.73. The number of rotatable bonds is 1. The van der Waals surface area contributed by atoms with Gasteiger partial charge >= 0.3 is 0 Å². The molecule has 0 saturated heterocycles. The summed E-state index contributed by atoms with van der Waals surface area (Å²) in [4.78, 5) is 0. The second-order valence-electron chi connectivity index (χ2n) is 7.31. The third-order valence-corrected chi connectivity index (χ3v) is 5.38. The summed E-state index contributed by atoms with van der Waals surface area (Å²) in [5.74, 6) is 2.23. The Bertz CT molecular complexity index is 281. The monoisotopic (exact) mass is 240 g/mol. The quantitative estimate of drug-likeness (QED) is 0.740. The Kier molecular flexibility index (Phi) is 3.33. The van der Waals surface area contributed by atoms with Gasteiger partial charge < -0.3 is 10.2 Å². The first kappa shape index (κ1) is 13.4. The van der Waals surface area contributed by atoms with Crippen LogP contribution in [0.3, 0.4) is 0 Å². The maximum atomic E-state index is 10.6. The lowest BCUT2D eigenvalue weighted by molar-refractivity contribution is -0.140. The van der Waals surface area contributed by atoms with Crippen molar-refractivity contribution in [1.82, 2.24) is 0 Å². The Labute approximate surface area is 105 Å². The zero-order valence-corrected chi connectivity index (χ0v) is 11.7. The predicted molar refractivity (Wildman–Crippen MR) is 69.6 cm³/mol. The summed E-state index contributed by atoms with van der Waals surface area (Å²) in [6.07, 6.45) is 4.74. The highest BCUT2D eigenvalue weighted by Crippen LogP contribution is 2.52. The molecule has 2 aliphatic carbocycles. The summed E-state index contributed by atoms with van der Waals surface area (Å²) in [5.41, 5.74) is -1.02. The van der Waals surface area contributed by atoms with Crippen LogP contribution in [0.2, 0.25) is 0 Å². The van der Waals surface area contributed by atoms with Gasteiger partial charge in [0.25, 0.3) is 0 Å². The van der Waals surface area contributed by atoms with E-state index in [1.54, 1.807) is 0 Å². The van der Waals surface area contributed by atoms with Crippen molar-refractivity contribution in [3.8, 4) is 0 Å². The Morgan fingerprint density at radius 2 is 1.71 bits per heavy atom. The van der Waals surface area contributed by atoms with Gasteiger partial charge in [-0.2, -0.15) is 0 Å². The molecular weight excluding hydrogens is 212 g/mol. The molecule has 0 aliphatic heterocycles. The van der Waals surface area contributed by atoms with Gasteiger partial charge in [-0.25, -0.2) is 0 Å². The molecule has 100 valence electrons. The average Bonchev–Trinajstić information content (AvgIpc) is 2.14. The molecule has 2 heteroatoms. The fourth-order valence-corrected chi connectivity index (χ4v) is 4.34. The van der Waals surface area contributed by atoms with E-state index in [4.69, 9.17) is 0 Å². The summed E-state index contributed by atoms with van der Waals surface area (Å²) in [5, 5.41) is 20.9. The van der Waals surface area contributed by atoms with Crippen molar-refractivity contribution in [2.24, 2.45) is 23.7 Å². The largest absolute Gasteiger partial charge is 0.390 e. The van der Waals surface area contributed by atoms with Gasteiger partial charge in [-0.05, 0) is 69.6 Å². The molecule has 0 aromatic heterocycles. The molecule has 0 bridgehead atoms. The minimum atomic E-state index is -0.512. The van der Waals surface area contributed by atoms with E-state index >= 15 is 0 Å². The summed E-state index contributed by atoms with van der Waals surface area (Å²) in [6.45, 7) is 8.53. The van der Waals surface area contributed by atoms with Gasteiger partial charge in [0, 0.05) is 0 Å². The van der Waals surface area contributed by atoms with Crippen LogP contribution < -0.4 is 0 Å². The number of hydrogen-bond donors (Lipinski definition) is 2. The standard InChI is InChI=1S/C15H28O2/c1-10(2)11-5-8-15(4,17)13-6-7-14(3,16)9-12(11)13/h10-13,16-17H,5-9H2,1-4H3/t11-,12-,13+,14+,15-/m1/s1. The third-order valence-electron chi connectivity index (χ3n) is 5.38. The fraction of sp³-hybridized carbons (Fsp3) is 1.00. The first-order valence-electron chi connectivity index (χ1n) is 7.18. The van der Waals surface area contributed by atoms with Gasteiger partial charge in [-0.15, -0.1) is 0 Å². The van der Waals surface area contributed by atoms with Crippen LogP contribution >= 0.6 is 0 Å². The van der Waals surface area contributed by atoms with Gasteiger partial charge in [-0.3, -0.25) is 0 Å². The molecule has 17 heavy (non-hydrogen) atoms. The van der Waals surface area contributed by atoms with Crippen molar-refractivity contribution in [3.05, 3.63) is 0 Å². The molecule has 2 N–H and O–H groups in total. The van der Waals surface area contributed by atoms with E-state index in [2.05, 4.69) is 13.8 Å². The van der Waals surface area contributed by atoms with E-state index in [0.29, 0.717) is 23.7 Å². The van der Waals surface area contributed by atoms with Crippen molar-refractivity contribution in [2.75, 3.05) is 0 Å². The average molecular weight is 240 g/mol. The van der Waals surface area contributed by atoms with Crippen molar-refractivity contribution in [1.29, 1.82) is 0 Å². The SMILES string of the molecule is CC(C)[C@H]1CC[C@@](C)(O)[C@H]2CC[C@](C)(O)C[C@H]12. The van der Waals surface area contributed by atoms with Gasteiger partial charge in [0.2, 0.25) is 0 Å². The van der Waals surface area contributed by atoms with Crippen LogP contribution in [0.4, 0.5) is 0 Å². The first-order valence-corrected chi connectivity index (χ1v) is 7.18. The van der Waals surface area contributed by atoms with E-state index in [1.807, 2.05) is 13.8 Å². The van der Waals surface area contributed by atoms with Crippen molar-refractivity contribution >= 4 is 0 Å². The molecule has 2 nitrogen and oxygen atoms in total. The van der Waals surface area contributed by atoms with Crippen LogP contribution in [0.15, 0.2) is 0 Å². The Hall–Kier alpha value is -0.0800. The lowest BCUT2D eigenvalue weighted by Crippen LogP contribution is -2.53. The summed E-state index contributed by atoms with van der Waals surface area (Å²) in [6, 6.07) is 0. The van der Waals surface area contributed by atoms with Crippen LogP contribution in [0, 0.1) is 23.7 Å². The van der Waals surface area contributed by atoms with E-state index < -0.39 is 11.2 Å². The van der Waals surface area contributed by atoms with Crippen molar-refractivity contribution in [3.63, 3.8) is 0 Å². The van der Waals surface area contributed by atoms with Crippen molar-refractivity contribution < 1.29 is 10.2 Å². The second-order valence-corrected chi connectivity index (χ2v) is 7.31. The molecule has 0 aromatic carbocycles. The highest BCUT2D eigenvalue weighted by Gasteiger charge is 2.50. The molecule has 2 rings (SSSR count). The fourth-order valence-electron chi connectivity index (χ4n) is 4.34. The van der Waals surface area contributed by atoms with Gasteiger partial charge in [0.15, 0.2) is 0 Å². The lowest BCUT2D eigenvalue weighted by Gasteiger charge is -2.53. The minimum absolute atomic E-state index is 0.392. The molecule has 0 spiro atoms. The maximum Gasteiger partial charge on any atom is 0.0650 e. The Balaban J connectivity index is 2.22. The van der Waals surface area contributed by atoms with Crippen LogP contribution in [0.5, 0.6) is 0 Å². The number of hydrogen-bond acceptors (Lipinski definition) is 2. The highest BCUT2D eigenvalue weighted by atomic mass is 16.3. The van der Waals surface area contributed by atoms with Gasteiger partial charge in [0.05, 0.1) is 11.2 Å². The molecular formula is C15H28O2. The summed E-state index contributed by atoms with van der Waals surface area (Å²) < 4.78 is 0. The third kappa shape index (κ3) is 2.53. The van der Waals surface area contributed by atoms with E-state index in [9.17, 15) is 10.2 Å². The van der Waals surface area contributed by atoms with Gasteiger partial charge in [-0.1, -0.05) is 13.8 Å². The Morgan fingerprint density at radius 1 is 1.06 bits per heavy atom. The zero-order chi connectivity index (χ0) is 12.8. The van der Waals surface area contributed by atoms with E-state index in [0.717, 1.165) is 32.1 Å². The molecule has 0 unspecified atom stereocenters. The smallest absolute Gasteiger partial charge is 0.0650 e. The molecule has 5 atom stereocenters. The van der Waals surface area contributed by atoms with E-state index in [1.165, 1.54) is 0 Å². The van der Waals surface area contributed by atoms with Crippen LogP contribution in [0.1, 0.15) is 59.8 Å². The molecule has 2 aliphatic rings. The zero-order valence-electron chi connectivity index (χ0n) is 11.7. The molecule has 0 heterocycles. The maximum absolute atomic E-state index is 10.6. The van der Waals surface area contributed by atoms with Gasteiger partial charge in [0.1, 0.15) is 0 Å². The summed E-state index contributed by atoms with van der Waals surface area (Å²) in [7, 11) is 0. The van der Waals surface area contributed by atoms with Crippen LogP contribution in [-0.4, -0.2) is 21.4 Å². The molecule has 2 fully saturated rings. The molecule has 2 saturated carbocycles. The molecule has 0 aromatic rings.